The zero-order valence-electron chi connectivity index (χ0n) is 33.5. The summed E-state index contributed by atoms with van der Waals surface area (Å²) in [5.74, 6) is -1.18. The van der Waals surface area contributed by atoms with Crippen molar-refractivity contribution in [2.45, 2.75) is 40.8 Å². The Bertz CT molecular complexity index is 2890. The van der Waals surface area contributed by atoms with Gasteiger partial charge in [0.05, 0.1) is 35.2 Å². The van der Waals surface area contributed by atoms with Crippen LogP contribution in [0.15, 0.2) is 85.7 Å². The molecule has 0 aliphatic rings. The monoisotopic (exact) mass is 810 g/mol. The van der Waals surface area contributed by atoms with E-state index >= 15 is 0 Å². The normalized spacial score (nSPS) is 10.9. The molecule has 0 fully saturated rings. The molecule has 18 heteroatoms. The number of likely N-dealkylation sites (N-methyl/N-ethyl adjacent to an activating group) is 2. The summed E-state index contributed by atoms with van der Waals surface area (Å²) in [7, 11) is 3.15. The molecule has 304 valence electrons. The van der Waals surface area contributed by atoms with Crippen molar-refractivity contribution >= 4 is 56.6 Å². The molecule has 8 heterocycles. The number of carbonyl (C=O) groups is 2. The van der Waals surface area contributed by atoms with Gasteiger partial charge >= 0.3 is 0 Å². The second-order valence-corrected chi connectivity index (χ2v) is 13.7. The highest BCUT2D eigenvalue weighted by molar-refractivity contribution is 5.92. The predicted octanol–water partition coefficient (Wildman–Crippen LogP) is 6.27. The van der Waals surface area contributed by atoms with Gasteiger partial charge in [0.25, 0.3) is 0 Å². The number of aromatic nitrogens is 10. The van der Waals surface area contributed by atoms with Crippen molar-refractivity contribution in [3.05, 3.63) is 120 Å². The molecule has 0 aromatic carbocycles. The Kier molecular flexibility index (Phi) is 11.7. The molecule has 8 rings (SSSR count). The Labute approximate surface area is 342 Å². The van der Waals surface area contributed by atoms with Crippen LogP contribution in [0.2, 0.25) is 0 Å². The van der Waals surface area contributed by atoms with Crippen LogP contribution >= 0.6 is 0 Å². The first-order valence-electron chi connectivity index (χ1n) is 18.7. The maximum absolute atomic E-state index is 14.3. The first-order chi connectivity index (χ1) is 28.9. The smallest absolute Gasteiger partial charge is 0.241 e. The van der Waals surface area contributed by atoms with Crippen molar-refractivity contribution in [1.82, 2.24) is 60.1 Å². The van der Waals surface area contributed by atoms with E-state index in [0.717, 1.165) is 28.2 Å². The molecule has 2 amide bonds. The summed E-state index contributed by atoms with van der Waals surface area (Å²) in [4.78, 5) is 49.4. The van der Waals surface area contributed by atoms with E-state index in [2.05, 4.69) is 61.4 Å². The molecule has 0 saturated heterocycles. The third kappa shape index (κ3) is 8.86. The largest absolute Gasteiger partial charge is 0.358 e. The summed E-state index contributed by atoms with van der Waals surface area (Å²) in [6.45, 7) is 7.58. The van der Waals surface area contributed by atoms with Crippen LogP contribution in [0.5, 0.6) is 0 Å². The number of aryl methyl sites for hydroxylation is 4. The SMILES string of the molecule is CNC(=O)Cn1cc2nccc(Nc3cc(-c4nc(C)ccc4F)ncc3C)c2n1.CNC(=O)Cn1ncc2nccc(Nc3cc(-c4nc(C)ccc4F)ncc3C)c21. The molecule has 0 bridgehead atoms. The number of carbonyl (C=O) groups excluding carboxylic acids is 2. The number of nitrogens with one attached hydrogen (secondary N) is 4. The Hall–Kier alpha value is -7.76. The number of amides is 2. The third-order valence-corrected chi connectivity index (χ3v) is 9.34. The van der Waals surface area contributed by atoms with Crippen molar-refractivity contribution in [3.63, 3.8) is 0 Å². The molecule has 8 aromatic heterocycles. The fourth-order valence-electron chi connectivity index (χ4n) is 6.13. The standard InChI is InChI=1S/2C21H20FN7O/c1-12-9-25-17(20-14(22)5-4-13(2)26-20)8-16(12)27-15-6-7-24-18-10-29(28-21(15)18)11-19(30)23-3;1-12-9-25-17(20-14(22)5-4-13(2)27-20)8-16(12)28-15-6-7-24-18-10-26-29(21(15)18)11-19(30)23-3/h4-10H,11H2,1-3H3,(H,23,30)(H,25,27);4-10H,11H2,1-3H3,(H,23,30)(H,24,25,28). The average molecular weight is 811 g/mol. The van der Waals surface area contributed by atoms with Crippen molar-refractivity contribution in [2.75, 3.05) is 24.7 Å². The van der Waals surface area contributed by atoms with E-state index in [9.17, 15) is 18.4 Å². The van der Waals surface area contributed by atoms with Gasteiger partial charge in [0.15, 0.2) is 11.6 Å². The van der Waals surface area contributed by atoms with Crippen molar-refractivity contribution in [1.29, 1.82) is 0 Å². The average Bonchev–Trinajstić information content (AvgIpc) is 3.86. The van der Waals surface area contributed by atoms with Gasteiger partial charge in [-0.1, -0.05) is 0 Å². The van der Waals surface area contributed by atoms with Crippen LogP contribution in [0.25, 0.3) is 44.8 Å². The minimum atomic E-state index is -0.433. The summed E-state index contributed by atoms with van der Waals surface area (Å²) in [6.07, 6.45) is 9.99. The quantitative estimate of drug-likeness (QED) is 0.121. The maximum atomic E-state index is 14.3. The van der Waals surface area contributed by atoms with Gasteiger partial charge in [-0.15, -0.1) is 0 Å². The Balaban J connectivity index is 0.000000181. The first kappa shape index (κ1) is 40.4. The van der Waals surface area contributed by atoms with Crippen LogP contribution < -0.4 is 21.3 Å². The summed E-state index contributed by atoms with van der Waals surface area (Å²) >= 11 is 0. The number of pyridine rings is 6. The van der Waals surface area contributed by atoms with Gasteiger partial charge in [0.1, 0.15) is 46.5 Å². The highest BCUT2D eigenvalue weighted by Crippen LogP contribution is 2.31. The summed E-state index contributed by atoms with van der Waals surface area (Å²) in [5, 5.41) is 20.6. The predicted molar refractivity (Wildman–Crippen MR) is 224 cm³/mol. The molecule has 8 aromatic rings. The molecule has 0 spiro atoms. The lowest BCUT2D eigenvalue weighted by molar-refractivity contribution is -0.122. The minimum Gasteiger partial charge on any atom is -0.358 e. The molecule has 0 aliphatic carbocycles. The lowest BCUT2D eigenvalue weighted by Crippen LogP contribution is -2.24. The second kappa shape index (κ2) is 17.4. The summed E-state index contributed by atoms with van der Waals surface area (Å²) in [5.41, 5.74) is 9.96. The lowest BCUT2D eigenvalue weighted by Gasteiger charge is -2.13. The van der Waals surface area contributed by atoms with Crippen molar-refractivity contribution in [3.8, 4) is 22.8 Å². The van der Waals surface area contributed by atoms with Gasteiger partial charge < -0.3 is 21.3 Å². The third-order valence-electron chi connectivity index (χ3n) is 9.34. The van der Waals surface area contributed by atoms with E-state index in [1.165, 1.54) is 12.1 Å². The van der Waals surface area contributed by atoms with Gasteiger partial charge in [-0.05, 0) is 87.4 Å². The molecule has 0 atom stereocenters. The number of rotatable bonds is 10. The fourth-order valence-corrected chi connectivity index (χ4v) is 6.13. The van der Waals surface area contributed by atoms with Gasteiger partial charge in [-0.25, -0.2) is 18.7 Å². The minimum absolute atomic E-state index is 0.0688. The van der Waals surface area contributed by atoms with E-state index < -0.39 is 11.6 Å². The second-order valence-electron chi connectivity index (χ2n) is 13.7. The summed E-state index contributed by atoms with van der Waals surface area (Å²) in [6, 6.07) is 13.1. The van der Waals surface area contributed by atoms with E-state index in [-0.39, 0.29) is 36.3 Å². The number of fused-ring (bicyclic) bond motifs is 2. The van der Waals surface area contributed by atoms with Crippen LogP contribution in [0, 0.1) is 39.3 Å². The fraction of sp³-hybridized carbons (Fsp3) is 0.190. The van der Waals surface area contributed by atoms with Crippen LogP contribution in [-0.4, -0.2) is 75.4 Å². The Morgan fingerprint density at radius 3 is 1.75 bits per heavy atom. The number of anilines is 4. The molecule has 16 nitrogen and oxygen atoms in total. The molecule has 0 aliphatic heterocycles. The number of hydrogen-bond acceptors (Lipinski definition) is 12. The van der Waals surface area contributed by atoms with E-state index in [1.807, 2.05) is 13.8 Å². The molecule has 60 heavy (non-hydrogen) atoms. The number of nitrogens with zero attached hydrogens (tertiary/aromatic N) is 10. The van der Waals surface area contributed by atoms with Crippen LogP contribution in [0.4, 0.5) is 31.5 Å². The van der Waals surface area contributed by atoms with Crippen molar-refractivity contribution in [2.24, 2.45) is 0 Å². The van der Waals surface area contributed by atoms with Gasteiger partial charge in [-0.2, -0.15) is 10.2 Å². The van der Waals surface area contributed by atoms with E-state index in [0.29, 0.717) is 50.5 Å². The number of halogens is 2. The van der Waals surface area contributed by atoms with Crippen molar-refractivity contribution < 1.29 is 18.4 Å². The van der Waals surface area contributed by atoms with Gasteiger partial charge in [-0.3, -0.25) is 38.9 Å². The Morgan fingerprint density at radius 1 is 0.633 bits per heavy atom. The Morgan fingerprint density at radius 2 is 1.17 bits per heavy atom. The molecule has 0 radical (unpaired) electrons. The van der Waals surface area contributed by atoms with Crippen LogP contribution in [-0.2, 0) is 22.7 Å². The van der Waals surface area contributed by atoms with Gasteiger partial charge in [0.2, 0.25) is 11.8 Å². The zero-order chi connectivity index (χ0) is 42.5. The van der Waals surface area contributed by atoms with E-state index in [4.69, 9.17) is 0 Å². The highest BCUT2D eigenvalue weighted by atomic mass is 19.1. The molecule has 0 saturated carbocycles. The topological polar surface area (TPSA) is 195 Å². The zero-order valence-corrected chi connectivity index (χ0v) is 33.5. The molecule has 0 unspecified atom stereocenters. The first-order valence-corrected chi connectivity index (χ1v) is 18.7. The van der Waals surface area contributed by atoms with Crippen LogP contribution in [0.3, 0.4) is 0 Å². The number of hydrogen-bond donors (Lipinski definition) is 4. The molecule has 4 N–H and O–H groups in total. The maximum Gasteiger partial charge on any atom is 0.241 e. The van der Waals surface area contributed by atoms with Gasteiger partial charge in [0, 0.05) is 61.6 Å². The lowest BCUT2D eigenvalue weighted by atomic mass is 10.1. The summed E-state index contributed by atoms with van der Waals surface area (Å²) < 4.78 is 31.7. The molecular formula is C42H40F2N14O2. The van der Waals surface area contributed by atoms with E-state index in [1.54, 1.807) is 111 Å². The molecular weight excluding hydrogens is 771 g/mol. The van der Waals surface area contributed by atoms with Crippen LogP contribution in [0.1, 0.15) is 22.5 Å². The highest BCUT2D eigenvalue weighted by Gasteiger charge is 2.17.